The molecule has 1 saturated carbocycles. The van der Waals surface area contributed by atoms with Gasteiger partial charge in [0.2, 0.25) is 10.0 Å². The molecule has 10 heteroatoms. The van der Waals surface area contributed by atoms with Gasteiger partial charge in [0, 0.05) is 22.2 Å². The number of nitrogens with one attached hydrogen (secondary N) is 2. The van der Waals surface area contributed by atoms with Crippen molar-refractivity contribution in [3.8, 4) is 0 Å². The van der Waals surface area contributed by atoms with Crippen LogP contribution >= 0.6 is 22.6 Å². The highest BCUT2D eigenvalue weighted by molar-refractivity contribution is 14.1. The Kier molecular flexibility index (Phi) is 4.26. The van der Waals surface area contributed by atoms with Crippen molar-refractivity contribution in [2.24, 2.45) is 0 Å². The maximum Gasteiger partial charge on any atom is 0.235 e. The molecule has 0 amide bonds. The Balaban J connectivity index is 1.82. The van der Waals surface area contributed by atoms with Crippen molar-refractivity contribution in [3.05, 3.63) is 52.0 Å². The number of sulfonamides is 1. The minimum absolute atomic E-state index is 0.00199. The first-order valence-electron chi connectivity index (χ1n) is 7.74. The van der Waals surface area contributed by atoms with Crippen LogP contribution < -0.4 is 10.0 Å². The van der Waals surface area contributed by atoms with E-state index in [1.54, 1.807) is 6.07 Å². The van der Waals surface area contributed by atoms with E-state index in [1.807, 2.05) is 22.6 Å². The third kappa shape index (κ3) is 3.22. The summed E-state index contributed by atoms with van der Waals surface area (Å²) in [6.45, 7) is 0. The molecule has 136 valence electrons. The molecule has 1 fully saturated rings. The van der Waals surface area contributed by atoms with Crippen LogP contribution in [0.2, 0.25) is 0 Å². The minimum Gasteiger partial charge on any atom is -0.349 e. The van der Waals surface area contributed by atoms with Crippen LogP contribution in [0.3, 0.4) is 0 Å². The van der Waals surface area contributed by atoms with E-state index in [9.17, 15) is 17.2 Å². The third-order valence-corrected chi connectivity index (χ3v) is 6.55. The molecular formula is C16H13F2IN4O2S. The number of pyridine rings is 1. The average Bonchev–Trinajstić information content (AvgIpc) is 3.33. The molecule has 6 nitrogen and oxygen atoms in total. The third-order valence-electron chi connectivity index (χ3n) is 4.03. The van der Waals surface area contributed by atoms with Gasteiger partial charge in [-0.15, -0.1) is 0 Å². The molecule has 0 aliphatic heterocycles. The maximum absolute atomic E-state index is 14.9. The van der Waals surface area contributed by atoms with Gasteiger partial charge >= 0.3 is 0 Å². The molecule has 4 rings (SSSR count). The molecule has 1 aromatic carbocycles. The number of benzene rings is 1. The van der Waals surface area contributed by atoms with Gasteiger partial charge in [0.05, 0.1) is 16.6 Å². The fourth-order valence-corrected chi connectivity index (χ4v) is 4.40. The highest BCUT2D eigenvalue weighted by Gasteiger charge is 2.36. The van der Waals surface area contributed by atoms with E-state index in [1.165, 1.54) is 35.1 Å². The Morgan fingerprint density at radius 3 is 2.69 bits per heavy atom. The number of hydrogen-bond acceptors (Lipinski definition) is 4. The molecule has 0 radical (unpaired) electrons. The van der Waals surface area contributed by atoms with Crippen molar-refractivity contribution >= 4 is 55.3 Å². The van der Waals surface area contributed by atoms with E-state index in [0.29, 0.717) is 16.4 Å². The molecule has 3 aromatic rings. The molecule has 26 heavy (non-hydrogen) atoms. The van der Waals surface area contributed by atoms with Crippen LogP contribution in [0.5, 0.6) is 0 Å². The molecule has 2 heterocycles. The number of halogens is 3. The molecule has 0 unspecified atom stereocenters. The van der Waals surface area contributed by atoms with E-state index in [4.69, 9.17) is 0 Å². The second-order valence-electron chi connectivity index (χ2n) is 5.99. The van der Waals surface area contributed by atoms with Crippen molar-refractivity contribution in [3.63, 3.8) is 0 Å². The molecule has 0 bridgehead atoms. The van der Waals surface area contributed by atoms with Gasteiger partial charge in [-0.1, -0.05) is 0 Å². The smallest absolute Gasteiger partial charge is 0.235 e. The lowest BCUT2D eigenvalue weighted by molar-refractivity contribution is 0.600. The average molecular weight is 490 g/mol. The Morgan fingerprint density at radius 1 is 1.23 bits per heavy atom. The standard InChI is InChI=1S/C16H13F2IN4O2S/c17-11-7-9(19)1-4-12(11)21-15-13(22-26(24,25)10-2-3-10)8-23-6-5-20-16(23)14(15)18/h1,4-8,10,21-22H,2-3H2. The van der Waals surface area contributed by atoms with Gasteiger partial charge in [-0.2, -0.15) is 0 Å². The number of aromatic nitrogens is 2. The largest absolute Gasteiger partial charge is 0.349 e. The van der Waals surface area contributed by atoms with Gasteiger partial charge in [0.15, 0.2) is 11.5 Å². The van der Waals surface area contributed by atoms with Gasteiger partial charge in [-0.3, -0.25) is 4.72 Å². The van der Waals surface area contributed by atoms with Crippen molar-refractivity contribution in [2.75, 3.05) is 10.0 Å². The number of rotatable bonds is 5. The van der Waals surface area contributed by atoms with Crippen LogP contribution in [0.15, 0.2) is 36.8 Å². The fourth-order valence-electron chi connectivity index (χ4n) is 2.56. The normalized spacial score (nSPS) is 14.6. The summed E-state index contributed by atoms with van der Waals surface area (Å²) in [6.07, 6.45) is 5.45. The molecule has 0 atom stereocenters. The van der Waals surface area contributed by atoms with Crippen molar-refractivity contribution < 1.29 is 17.2 Å². The Morgan fingerprint density at radius 2 is 2.00 bits per heavy atom. The summed E-state index contributed by atoms with van der Waals surface area (Å²) in [4.78, 5) is 3.92. The Labute approximate surface area is 161 Å². The number of hydrogen-bond donors (Lipinski definition) is 2. The van der Waals surface area contributed by atoms with Gasteiger partial charge in [0.25, 0.3) is 0 Å². The number of nitrogens with zero attached hydrogens (tertiary/aromatic N) is 2. The predicted molar refractivity (Wildman–Crippen MR) is 103 cm³/mol. The monoisotopic (exact) mass is 490 g/mol. The van der Waals surface area contributed by atoms with Crippen LogP contribution in [-0.2, 0) is 10.0 Å². The molecule has 1 aliphatic carbocycles. The van der Waals surface area contributed by atoms with E-state index >= 15 is 0 Å². The Hall–Kier alpha value is -1.95. The zero-order valence-corrected chi connectivity index (χ0v) is 16.2. The van der Waals surface area contributed by atoms with E-state index in [2.05, 4.69) is 15.0 Å². The molecule has 2 N–H and O–H groups in total. The summed E-state index contributed by atoms with van der Waals surface area (Å²) in [5.74, 6) is -1.35. The lowest BCUT2D eigenvalue weighted by Crippen LogP contribution is -2.19. The summed E-state index contributed by atoms with van der Waals surface area (Å²) >= 11 is 1.96. The molecule has 0 spiro atoms. The minimum atomic E-state index is -3.63. The molecule has 2 aromatic heterocycles. The van der Waals surface area contributed by atoms with E-state index < -0.39 is 26.9 Å². The van der Waals surface area contributed by atoms with Crippen molar-refractivity contribution in [2.45, 2.75) is 18.1 Å². The Bertz CT molecular complexity index is 1110. The second-order valence-corrected chi connectivity index (χ2v) is 9.19. The summed E-state index contributed by atoms with van der Waals surface area (Å²) in [5, 5.41) is 2.19. The number of fused-ring (bicyclic) bond motifs is 1. The lowest BCUT2D eigenvalue weighted by Gasteiger charge is -2.16. The number of imidazole rings is 1. The number of anilines is 3. The van der Waals surface area contributed by atoms with Crippen LogP contribution in [0.4, 0.5) is 25.8 Å². The molecular weight excluding hydrogens is 477 g/mol. The zero-order chi connectivity index (χ0) is 18.5. The topological polar surface area (TPSA) is 75.5 Å². The first-order chi connectivity index (χ1) is 12.3. The van der Waals surface area contributed by atoms with Crippen LogP contribution in [-0.4, -0.2) is 23.1 Å². The summed E-state index contributed by atoms with van der Waals surface area (Å²) < 4.78 is 58.2. The van der Waals surface area contributed by atoms with Gasteiger partial charge < -0.3 is 9.72 Å². The molecule has 0 saturated heterocycles. The SMILES string of the molecule is O=S(=O)(Nc1cn2ccnc2c(F)c1Nc1ccc(I)cc1F)C1CC1. The first kappa shape index (κ1) is 17.5. The van der Waals surface area contributed by atoms with E-state index in [0.717, 1.165) is 0 Å². The highest BCUT2D eigenvalue weighted by atomic mass is 127. The maximum atomic E-state index is 14.9. The molecule has 1 aliphatic rings. The van der Waals surface area contributed by atoms with Gasteiger partial charge in [0.1, 0.15) is 11.5 Å². The fraction of sp³-hybridized carbons (Fsp3) is 0.188. The van der Waals surface area contributed by atoms with Crippen LogP contribution in [0, 0.1) is 15.2 Å². The predicted octanol–water partition coefficient (Wildman–Crippen LogP) is 3.86. The quantitative estimate of drug-likeness (QED) is 0.533. The summed E-state index contributed by atoms with van der Waals surface area (Å²) in [7, 11) is -3.63. The highest BCUT2D eigenvalue weighted by Crippen LogP contribution is 2.35. The van der Waals surface area contributed by atoms with Crippen LogP contribution in [0.25, 0.3) is 5.65 Å². The summed E-state index contributed by atoms with van der Waals surface area (Å²) in [5.41, 5.74) is -0.134. The van der Waals surface area contributed by atoms with E-state index in [-0.39, 0.29) is 22.7 Å². The zero-order valence-electron chi connectivity index (χ0n) is 13.2. The first-order valence-corrected chi connectivity index (χ1v) is 10.4. The van der Waals surface area contributed by atoms with Crippen molar-refractivity contribution in [1.82, 2.24) is 9.38 Å². The van der Waals surface area contributed by atoms with Crippen molar-refractivity contribution in [1.29, 1.82) is 0 Å². The van der Waals surface area contributed by atoms with Crippen LogP contribution in [0.1, 0.15) is 12.8 Å². The lowest BCUT2D eigenvalue weighted by atomic mass is 10.2. The van der Waals surface area contributed by atoms with Gasteiger partial charge in [-0.25, -0.2) is 22.2 Å². The second kappa shape index (κ2) is 6.34. The van der Waals surface area contributed by atoms with Gasteiger partial charge in [-0.05, 0) is 53.6 Å². The summed E-state index contributed by atoms with van der Waals surface area (Å²) in [6, 6.07) is 4.42.